The third-order valence-corrected chi connectivity index (χ3v) is 4.14. The first kappa shape index (κ1) is 17.6. The number of carboxylic acid groups (broad SMARTS) is 1. The molecule has 1 unspecified atom stereocenters. The first-order chi connectivity index (χ1) is 12.4. The molecule has 7 heteroatoms. The smallest absolute Gasteiger partial charge is 0.308 e. The largest absolute Gasteiger partial charge is 0.489 e. The second-order valence-corrected chi connectivity index (χ2v) is 6.08. The van der Waals surface area contributed by atoms with Gasteiger partial charge in [-0.25, -0.2) is 4.39 Å². The second-order valence-electron chi connectivity index (χ2n) is 6.08. The molecule has 0 radical (unpaired) electrons. The highest BCUT2D eigenvalue weighted by Gasteiger charge is 2.37. The minimum atomic E-state index is -1.08. The zero-order chi connectivity index (χ0) is 18.8. The first-order valence-electron chi connectivity index (χ1n) is 7.97. The lowest BCUT2D eigenvalue weighted by molar-refractivity contribution is -0.141. The molecule has 0 bridgehead atoms. The van der Waals surface area contributed by atoms with Gasteiger partial charge in [0.25, 0.3) is 11.8 Å². The molecule has 26 heavy (non-hydrogen) atoms. The highest BCUT2D eigenvalue weighted by Crippen LogP contribution is 2.28. The van der Waals surface area contributed by atoms with Crippen LogP contribution >= 0.6 is 0 Å². The number of rotatable bonds is 6. The van der Waals surface area contributed by atoms with Crippen LogP contribution in [0.4, 0.5) is 4.39 Å². The Morgan fingerprint density at radius 1 is 1.12 bits per heavy atom. The SMILES string of the molecule is CC(CN1C(=O)c2ccc(OCc3ccc(F)cc3)cc2C1=O)C(=O)O. The van der Waals surface area contributed by atoms with E-state index >= 15 is 0 Å². The molecule has 1 heterocycles. The van der Waals surface area contributed by atoms with Crippen molar-refractivity contribution in [3.05, 3.63) is 65.0 Å². The number of imide groups is 1. The molecular formula is C19H16FNO5. The first-order valence-corrected chi connectivity index (χ1v) is 7.97. The number of carbonyl (C=O) groups excluding carboxylic acids is 2. The average molecular weight is 357 g/mol. The number of fused-ring (bicyclic) bond motifs is 1. The number of ether oxygens (including phenoxy) is 1. The van der Waals surface area contributed by atoms with Gasteiger partial charge in [0.05, 0.1) is 17.0 Å². The number of amides is 2. The van der Waals surface area contributed by atoms with Crippen LogP contribution in [0.25, 0.3) is 0 Å². The van der Waals surface area contributed by atoms with E-state index in [1.807, 2.05) is 0 Å². The zero-order valence-electron chi connectivity index (χ0n) is 13.9. The third-order valence-electron chi connectivity index (χ3n) is 4.14. The molecule has 1 atom stereocenters. The Balaban J connectivity index is 1.74. The molecule has 1 N–H and O–H groups in total. The van der Waals surface area contributed by atoms with Gasteiger partial charge in [0.2, 0.25) is 0 Å². The maximum Gasteiger partial charge on any atom is 0.308 e. The molecule has 2 aromatic rings. The summed E-state index contributed by atoms with van der Waals surface area (Å²) >= 11 is 0. The van der Waals surface area contributed by atoms with Crippen molar-refractivity contribution in [3.63, 3.8) is 0 Å². The highest BCUT2D eigenvalue weighted by atomic mass is 19.1. The Morgan fingerprint density at radius 3 is 2.42 bits per heavy atom. The number of carbonyl (C=O) groups is 3. The minimum Gasteiger partial charge on any atom is -0.489 e. The number of hydrogen-bond donors (Lipinski definition) is 1. The van der Waals surface area contributed by atoms with Crippen molar-refractivity contribution >= 4 is 17.8 Å². The fourth-order valence-electron chi connectivity index (χ4n) is 2.62. The minimum absolute atomic E-state index is 0.182. The van der Waals surface area contributed by atoms with Crippen LogP contribution < -0.4 is 4.74 Å². The van der Waals surface area contributed by atoms with E-state index in [1.165, 1.54) is 31.2 Å². The summed E-state index contributed by atoms with van der Waals surface area (Å²) in [6.45, 7) is 1.43. The van der Waals surface area contributed by atoms with Crippen LogP contribution in [-0.4, -0.2) is 34.3 Å². The molecule has 2 aromatic carbocycles. The Hall–Kier alpha value is -3.22. The molecule has 1 aliphatic heterocycles. The van der Waals surface area contributed by atoms with E-state index in [9.17, 15) is 18.8 Å². The lowest BCUT2D eigenvalue weighted by Gasteiger charge is -2.16. The number of hydrogen-bond acceptors (Lipinski definition) is 4. The molecule has 134 valence electrons. The lowest BCUT2D eigenvalue weighted by atomic mass is 10.1. The molecule has 2 amide bonds. The summed E-state index contributed by atoms with van der Waals surface area (Å²) in [6, 6.07) is 10.3. The molecule has 6 nitrogen and oxygen atoms in total. The number of benzene rings is 2. The normalized spacial score (nSPS) is 14.3. The van der Waals surface area contributed by atoms with Crippen LogP contribution in [0.5, 0.6) is 5.75 Å². The van der Waals surface area contributed by atoms with Crippen molar-refractivity contribution in [3.8, 4) is 5.75 Å². The zero-order valence-corrected chi connectivity index (χ0v) is 13.9. The molecule has 0 aromatic heterocycles. The van der Waals surface area contributed by atoms with Crippen LogP contribution in [0.1, 0.15) is 33.2 Å². The van der Waals surface area contributed by atoms with Gasteiger partial charge < -0.3 is 9.84 Å². The second kappa shape index (κ2) is 6.95. The molecule has 0 aliphatic carbocycles. The van der Waals surface area contributed by atoms with Crippen molar-refractivity contribution < 1.29 is 28.6 Å². The van der Waals surface area contributed by atoms with E-state index in [0.29, 0.717) is 5.75 Å². The summed E-state index contributed by atoms with van der Waals surface area (Å²) in [5, 5.41) is 8.98. The monoisotopic (exact) mass is 357 g/mol. The van der Waals surface area contributed by atoms with Crippen LogP contribution in [0.3, 0.4) is 0 Å². The molecular weight excluding hydrogens is 341 g/mol. The number of aliphatic carboxylic acids is 1. The quantitative estimate of drug-likeness (QED) is 0.804. The van der Waals surface area contributed by atoms with Gasteiger partial charge in [0.15, 0.2) is 0 Å². The van der Waals surface area contributed by atoms with Gasteiger partial charge in [0, 0.05) is 6.54 Å². The lowest BCUT2D eigenvalue weighted by Crippen LogP contribution is -2.36. The Morgan fingerprint density at radius 2 is 1.77 bits per heavy atom. The Labute approximate surface area is 148 Å². The fourth-order valence-corrected chi connectivity index (χ4v) is 2.62. The van der Waals surface area contributed by atoms with Gasteiger partial charge in [-0.3, -0.25) is 19.3 Å². The predicted octanol–water partition coefficient (Wildman–Crippen LogP) is 2.72. The van der Waals surface area contributed by atoms with Crippen molar-refractivity contribution in [2.45, 2.75) is 13.5 Å². The van der Waals surface area contributed by atoms with E-state index in [1.54, 1.807) is 18.2 Å². The van der Waals surface area contributed by atoms with Crippen LogP contribution in [0.2, 0.25) is 0 Å². The number of nitrogens with zero attached hydrogens (tertiary/aromatic N) is 1. The summed E-state index contributed by atoms with van der Waals surface area (Å²) in [5.74, 6) is -2.93. The van der Waals surface area contributed by atoms with Crippen molar-refractivity contribution in [1.29, 1.82) is 0 Å². The highest BCUT2D eigenvalue weighted by molar-refractivity contribution is 6.21. The van der Waals surface area contributed by atoms with Gasteiger partial charge in [-0.15, -0.1) is 0 Å². The molecule has 0 saturated heterocycles. The predicted molar refractivity (Wildman–Crippen MR) is 89.3 cm³/mol. The standard InChI is InChI=1S/C19H16FNO5/c1-11(19(24)25)9-21-17(22)15-7-6-14(8-16(15)18(21)23)26-10-12-2-4-13(20)5-3-12/h2-8,11H,9-10H2,1H3,(H,24,25). The Bertz CT molecular complexity index is 878. The van der Waals surface area contributed by atoms with E-state index in [4.69, 9.17) is 9.84 Å². The number of carboxylic acids is 1. The van der Waals surface area contributed by atoms with E-state index in [2.05, 4.69) is 0 Å². The summed E-state index contributed by atoms with van der Waals surface area (Å²) in [4.78, 5) is 36.7. The fraction of sp³-hybridized carbons (Fsp3) is 0.211. The molecule has 0 spiro atoms. The summed E-state index contributed by atoms with van der Waals surface area (Å²) < 4.78 is 18.5. The van der Waals surface area contributed by atoms with Crippen LogP contribution in [0, 0.1) is 11.7 Å². The summed E-state index contributed by atoms with van der Waals surface area (Å²) in [6.07, 6.45) is 0. The average Bonchev–Trinajstić information content (AvgIpc) is 2.85. The Kier molecular flexibility index (Phi) is 4.71. The molecule has 3 rings (SSSR count). The van der Waals surface area contributed by atoms with Gasteiger partial charge >= 0.3 is 5.97 Å². The van der Waals surface area contributed by atoms with Gasteiger partial charge in [-0.2, -0.15) is 0 Å². The molecule has 1 aliphatic rings. The van der Waals surface area contributed by atoms with Crippen molar-refractivity contribution in [1.82, 2.24) is 4.90 Å². The van der Waals surface area contributed by atoms with Gasteiger partial charge in [-0.05, 0) is 35.9 Å². The van der Waals surface area contributed by atoms with Crippen LogP contribution in [-0.2, 0) is 11.4 Å². The molecule has 0 fully saturated rings. The summed E-state index contributed by atoms with van der Waals surface area (Å²) in [7, 11) is 0. The van der Waals surface area contributed by atoms with Crippen LogP contribution in [0.15, 0.2) is 42.5 Å². The summed E-state index contributed by atoms with van der Waals surface area (Å²) in [5.41, 5.74) is 1.16. The van der Waals surface area contributed by atoms with Gasteiger partial charge in [0.1, 0.15) is 18.2 Å². The topological polar surface area (TPSA) is 83.9 Å². The van der Waals surface area contributed by atoms with Crippen molar-refractivity contribution in [2.75, 3.05) is 6.54 Å². The van der Waals surface area contributed by atoms with Gasteiger partial charge in [-0.1, -0.05) is 19.1 Å². The van der Waals surface area contributed by atoms with E-state index in [-0.39, 0.29) is 30.1 Å². The van der Waals surface area contributed by atoms with E-state index < -0.39 is 23.7 Å². The number of halogens is 1. The van der Waals surface area contributed by atoms with Crippen molar-refractivity contribution in [2.24, 2.45) is 5.92 Å². The third kappa shape index (κ3) is 3.42. The molecule has 0 saturated carbocycles. The van der Waals surface area contributed by atoms with E-state index in [0.717, 1.165) is 10.5 Å². The maximum atomic E-state index is 12.9. The maximum absolute atomic E-state index is 12.9.